The highest BCUT2D eigenvalue weighted by Crippen LogP contribution is 2.23. The van der Waals surface area contributed by atoms with Crippen molar-refractivity contribution in [1.29, 1.82) is 0 Å². The smallest absolute Gasteiger partial charge is 0.347 e. The number of nitrogens with zero attached hydrogens (tertiary/aromatic N) is 1. The van der Waals surface area contributed by atoms with E-state index in [1.165, 1.54) is 22.5 Å². The fourth-order valence-electron chi connectivity index (χ4n) is 1.65. The Bertz CT molecular complexity index is 578. The van der Waals surface area contributed by atoms with E-state index in [4.69, 9.17) is 5.11 Å². The average Bonchev–Trinajstić information content (AvgIpc) is 2.70. The van der Waals surface area contributed by atoms with E-state index in [0.29, 0.717) is 22.2 Å². The molecule has 5 heteroatoms. The zero-order chi connectivity index (χ0) is 13.1. The Labute approximate surface area is 109 Å². The third-order valence-corrected chi connectivity index (χ3v) is 3.79. The predicted molar refractivity (Wildman–Crippen MR) is 72.3 cm³/mol. The quantitative estimate of drug-likeness (QED) is 0.889. The van der Waals surface area contributed by atoms with E-state index < -0.39 is 5.97 Å². The molecule has 0 aliphatic rings. The molecule has 0 aliphatic heterocycles. The number of carboxylic acids is 1. The summed E-state index contributed by atoms with van der Waals surface area (Å²) in [6.45, 7) is 4.41. The minimum atomic E-state index is -0.922. The van der Waals surface area contributed by atoms with Gasteiger partial charge in [0.1, 0.15) is 4.88 Å². The van der Waals surface area contributed by atoms with Gasteiger partial charge in [0, 0.05) is 6.54 Å². The molecular formula is C13H14N2O2S. The molecule has 94 valence electrons. The van der Waals surface area contributed by atoms with Gasteiger partial charge in [0.05, 0.1) is 5.69 Å². The van der Waals surface area contributed by atoms with Crippen LogP contribution in [0, 0.1) is 13.8 Å². The lowest BCUT2D eigenvalue weighted by atomic mass is 10.1. The number of hydrogen-bond donors (Lipinski definition) is 2. The number of aryl methyl sites for hydroxylation is 2. The van der Waals surface area contributed by atoms with Crippen molar-refractivity contribution >= 4 is 22.4 Å². The molecular weight excluding hydrogens is 248 g/mol. The molecule has 1 heterocycles. The van der Waals surface area contributed by atoms with E-state index in [2.05, 4.69) is 10.3 Å². The molecule has 0 saturated heterocycles. The first-order valence-corrected chi connectivity index (χ1v) is 6.38. The minimum absolute atomic E-state index is 0.294. The second kappa shape index (κ2) is 5.18. The molecule has 2 N–H and O–H groups in total. The molecule has 2 aromatic rings. The second-order valence-corrected chi connectivity index (χ2v) is 5.02. The zero-order valence-electron chi connectivity index (χ0n) is 10.2. The van der Waals surface area contributed by atoms with Crippen molar-refractivity contribution in [2.24, 2.45) is 0 Å². The summed E-state index contributed by atoms with van der Waals surface area (Å²) in [5.41, 5.74) is 2.94. The van der Waals surface area contributed by atoms with E-state index in [1.807, 2.05) is 31.2 Å². The van der Waals surface area contributed by atoms with Gasteiger partial charge < -0.3 is 10.4 Å². The van der Waals surface area contributed by atoms with E-state index >= 15 is 0 Å². The lowest BCUT2D eigenvalue weighted by molar-refractivity contribution is 0.0701. The van der Waals surface area contributed by atoms with Gasteiger partial charge in [-0.25, -0.2) is 9.78 Å². The molecule has 0 spiro atoms. The van der Waals surface area contributed by atoms with Gasteiger partial charge in [-0.15, -0.1) is 0 Å². The van der Waals surface area contributed by atoms with Crippen LogP contribution in [0.5, 0.6) is 0 Å². The molecule has 1 aromatic carbocycles. The number of rotatable bonds is 4. The van der Waals surface area contributed by atoms with Gasteiger partial charge in [-0.1, -0.05) is 35.6 Å². The topological polar surface area (TPSA) is 62.2 Å². The molecule has 0 fully saturated rings. The summed E-state index contributed by atoms with van der Waals surface area (Å²) in [6, 6.07) is 8.07. The van der Waals surface area contributed by atoms with E-state index in [-0.39, 0.29) is 0 Å². The van der Waals surface area contributed by atoms with Crippen LogP contribution in [-0.4, -0.2) is 16.1 Å². The first-order chi connectivity index (χ1) is 8.58. The molecule has 0 amide bonds. The summed E-state index contributed by atoms with van der Waals surface area (Å²) >= 11 is 1.17. The predicted octanol–water partition coefficient (Wildman–Crippen LogP) is 3.07. The molecule has 0 bridgehead atoms. The van der Waals surface area contributed by atoms with Crippen LogP contribution in [0.3, 0.4) is 0 Å². The number of aromatic carboxylic acids is 1. The number of hydrogen-bond acceptors (Lipinski definition) is 4. The number of anilines is 1. The monoisotopic (exact) mass is 262 g/mol. The molecule has 18 heavy (non-hydrogen) atoms. The van der Waals surface area contributed by atoms with E-state index in [1.54, 1.807) is 6.92 Å². The Hall–Kier alpha value is -1.88. The summed E-state index contributed by atoms with van der Waals surface area (Å²) in [5.74, 6) is -0.922. The Morgan fingerprint density at radius 2 is 2.11 bits per heavy atom. The molecule has 4 nitrogen and oxygen atoms in total. The van der Waals surface area contributed by atoms with Crippen molar-refractivity contribution in [2.75, 3.05) is 5.32 Å². The molecule has 0 aliphatic carbocycles. The van der Waals surface area contributed by atoms with Crippen molar-refractivity contribution in [1.82, 2.24) is 4.98 Å². The number of benzene rings is 1. The van der Waals surface area contributed by atoms with Gasteiger partial charge in [0.25, 0.3) is 0 Å². The van der Waals surface area contributed by atoms with Gasteiger partial charge in [-0.2, -0.15) is 0 Å². The summed E-state index contributed by atoms with van der Waals surface area (Å²) < 4.78 is 0. The highest BCUT2D eigenvalue weighted by molar-refractivity contribution is 7.17. The third kappa shape index (κ3) is 2.68. The Balaban J connectivity index is 2.09. The minimum Gasteiger partial charge on any atom is -0.477 e. The summed E-state index contributed by atoms with van der Waals surface area (Å²) in [6.07, 6.45) is 0. The van der Waals surface area contributed by atoms with Gasteiger partial charge in [0.2, 0.25) is 0 Å². The Morgan fingerprint density at radius 3 is 2.72 bits per heavy atom. The van der Waals surface area contributed by atoms with Crippen LogP contribution in [0.1, 0.15) is 26.5 Å². The maximum absolute atomic E-state index is 10.9. The van der Waals surface area contributed by atoms with Crippen molar-refractivity contribution in [3.63, 3.8) is 0 Å². The standard InChI is InChI=1S/C13H14N2O2S/c1-8-5-3-4-6-10(8)7-14-13-15-9(2)11(18-13)12(16)17/h3-6H,7H2,1-2H3,(H,14,15)(H,16,17). The maximum atomic E-state index is 10.9. The molecule has 2 rings (SSSR count). The van der Waals surface area contributed by atoms with Crippen LogP contribution < -0.4 is 5.32 Å². The van der Waals surface area contributed by atoms with Crippen molar-refractivity contribution < 1.29 is 9.90 Å². The third-order valence-electron chi connectivity index (χ3n) is 2.68. The van der Waals surface area contributed by atoms with Crippen molar-refractivity contribution in [3.8, 4) is 0 Å². The highest BCUT2D eigenvalue weighted by Gasteiger charge is 2.13. The first kappa shape index (κ1) is 12.6. The van der Waals surface area contributed by atoms with Gasteiger partial charge >= 0.3 is 5.97 Å². The normalized spacial score (nSPS) is 10.3. The number of carboxylic acid groups (broad SMARTS) is 1. The fraction of sp³-hybridized carbons (Fsp3) is 0.231. The highest BCUT2D eigenvalue weighted by atomic mass is 32.1. The van der Waals surface area contributed by atoms with Gasteiger partial charge in [-0.3, -0.25) is 0 Å². The summed E-state index contributed by atoms with van der Waals surface area (Å²) in [4.78, 5) is 15.4. The SMILES string of the molecule is Cc1ccccc1CNc1nc(C)c(C(=O)O)s1. The van der Waals surface area contributed by atoms with E-state index in [9.17, 15) is 4.79 Å². The summed E-state index contributed by atoms with van der Waals surface area (Å²) in [5, 5.41) is 12.8. The van der Waals surface area contributed by atoms with Gasteiger partial charge in [0.15, 0.2) is 5.13 Å². The maximum Gasteiger partial charge on any atom is 0.347 e. The lowest BCUT2D eigenvalue weighted by Gasteiger charge is -2.05. The van der Waals surface area contributed by atoms with Crippen LogP contribution in [-0.2, 0) is 6.54 Å². The number of aromatic nitrogens is 1. The largest absolute Gasteiger partial charge is 0.477 e. The molecule has 0 radical (unpaired) electrons. The lowest BCUT2D eigenvalue weighted by Crippen LogP contribution is -2.00. The Kier molecular flexibility index (Phi) is 3.62. The van der Waals surface area contributed by atoms with Crippen LogP contribution in [0.15, 0.2) is 24.3 Å². The van der Waals surface area contributed by atoms with Crippen molar-refractivity contribution in [2.45, 2.75) is 20.4 Å². The van der Waals surface area contributed by atoms with Crippen LogP contribution in [0.2, 0.25) is 0 Å². The Morgan fingerprint density at radius 1 is 1.39 bits per heavy atom. The molecule has 0 saturated carbocycles. The van der Waals surface area contributed by atoms with Crippen LogP contribution in [0.25, 0.3) is 0 Å². The number of thiazole rings is 1. The van der Waals surface area contributed by atoms with Crippen molar-refractivity contribution in [3.05, 3.63) is 46.0 Å². The zero-order valence-corrected chi connectivity index (χ0v) is 11.0. The molecule has 1 aromatic heterocycles. The fourth-order valence-corrected chi connectivity index (χ4v) is 2.45. The average molecular weight is 262 g/mol. The number of nitrogens with one attached hydrogen (secondary N) is 1. The van der Waals surface area contributed by atoms with Gasteiger partial charge in [-0.05, 0) is 25.0 Å². The molecule has 0 unspecified atom stereocenters. The van der Waals surface area contributed by atoms with Crippen LogP contribution in [0.4, 0.5) is 5.13 Å². The van der Waals surface area contributed by atoms with Crippen LogP contribution >= 0.6 is 11.3 Å². The second-order valence-electron chi connectivity index (χ2n) is 4.02. The number of carbonyl (C=O) groups is 1. The van der Waals surface area contributed by atoms with E-state index in [0.717, 1.165) is 0 Å². The molecule has 0 atom stereocenters. The summed E-state index contributed by atoms with van der Waals surface area (Å²) in [7, 11) is 0. The first-order valence-electron chi connectivity index (χ1n) is 5.57.